The number of fused-ring (bicyclic) bond motifs is 1. The van der Waals surface area contributed by atoms with Crippen LogP contribution in [0.4, 0.5) is 10.1 Å². The number of carbonyl (C=O) groups is 1. The fourth-order valence-electron chi connectivity index (χ4n) is 3.21. The third kappa shape index (κ3) is 3.85. The number of hydrogen-bond donors (Lipinski definition) is 1. The van der Waals surface area contributed by atoms with Gasteiger partial charge in [0.2, 0.25) is 5.78 Å². The molecule has 0 radical (unpaired) electrons. The summed E-state index contributed by atoms with van der Waals surface area (Å²) < 4.78 is 25.3. The first-order valence-corrected chi connectivity index (χ1v) is 9.43. The Bertz CT molecular complexity index is 1150. The maximum atomic E-state index is 14.0. The van der Waals surface area contributed by atoms with Crippen LogP contribution in [0.15, 0.2) is 77.2 Å². The molecule has 1 aromatic heterocycles. The van der Waals surface area contributed by atoms with Crippen LogP contribution in [0.1, 0.15) is 28.6 Å². The zero-order chi connectivity index (χ0) is 20.2. The minimum Gasteiger partial charge on any atom is -0.494 e. The molecule has 1 heterocycles. The van der Waals surface area contributed by atoms with Gasteiger partial charge in [0.25, 0.3) is 0 Å². The molecule has 0 amide bonds. The normalized spacial score (nSPS) is 10.8. The van der Waals surface area contributed by atoms with Crippen molar-refractivity contribution < 1.29 is 18.3 Å². The Morgan fingerprint density at radius 1 is 1.00 bits per heavy atom. The molecule has 4 rings (SSSR count). The minimum absolute atomic E-state index is 0.201. The summed E-state index contributed by atoms with van der Waals surface area (Å²) in [4.78, 5) is 13.1. The predicted octanol–water partition coefficient (Wildman–Crippen LogP) is 5.81. The van der Waals surface area contributed by atoms with E-state index in [0.29, 0.717) is 34.8 Å². The zero-order valence-corrected chi connectivity index (χ0v) is 15.9. The Balaban J connectivity index is 1.69. The van der Waals surface area contributed by atoms with Crippen molar-refractivity contribution in [2.45, 2.75) is 13.5 Å². The van der Waals surface area contributed by atoms with Gasteiger partial charge >= 0.3 is 0 Å². The first-order chi connectivity index (χ1) is 14.2. The van der Waals surface area contributed by atoms with Crippen LogP contribution in [0.5, 0.6) is 5.75 Å². The molecule has 0 aliphatic carbocycles. The topological polar surface area (TPSA) is 51.5 Å². The number of furan rings is 1. The Kier molecular flexibility index (Phi) is 5.29. The second-order valence-corrected chi connectivity index (χ2v) is 6.53. The number of anilines is 1. The largest absolute Gasteiger partial charge is 0.494 e. The SMILES string of the molecule is CCOc1ccc(C(=O)c2oc3ccccc3c2NCc2ccccc2F)cc1. The molecule has 5 heteroatoms. The molecule has 0 bridgehead atoms. The molecular formula is C24H20FNO3. The summed E-state index contributed by atoms with van der Waals surface area (Å²) in [5, 5.41) is 3.97. The van der Waals surface area contributed by atoms with Gasteiger partial charge in [0.15, 0.2) is 5.76 Å². The van der Waals surface area contributed by atoms with Gasteiger partial charge in [-0.25, -0.2) is 4.39 Å². The van der Waals surface area contributed by atoms with E-state index < -0.39 is 0 Å². The highest BCUT2D eigenvalue weighted by Gasteiger charge is 2.22. The van der Waals surface area contributed by atoms with E-state index in [0.717, 1.165) is 5.39 Å². The number of para-hydroxylation sites is 1. The zero-order valence-electron chi connectivity index (χ0n) is 15.9. The summed E-state index contributed by atoms with van der Waals surface area (Å²) in [6, 6.07) is 20.9. The van der Waals surface area contributed by atoms with E-state index in [-0.39, 0.29) is 23.9 Å². The number of rotatable bonds is 7. The lowest BCUT2D eigenvalue weighted by molar-refractivity contribution is 0.101. The van der Waals surface area contributed by atoms with Crippen LogP contribution >= 0.6 is 0 Å². The van der Waals surface area contributed by atoms with E-state index in [2.05, 4.69) is 5.32 Å². The van der Waals surface area contributed by atoms with E-state index in [1.54, 1.807) is 48.5 Å². The van der Waals surface area contributed by atoms with Crippen LogP contribution in [0.3, 0.4) is 0 Å². The van der Waals surface area contributed by atoms with Crippen LogP contribution in [-0.2, 0) is 6.54 Å². The highest BCUT2D eigenvalue weighted by molar-refractivity contribution is 6.14. The molecule has 0 saturated carbocycles. The number of ether oxygens (including phenoxy) is 1. The fourth-order valence-corrected chi connectivity index (χ4v) is 3.21. The second kappa shape index (κ2) is 8.19. The van der Waals surface area contributed by atoms with E-state index >= 15 is 0 Å². The Hall–Kier alpha value is -3.60. The van der Waals surface area contributed by atoms with Gasteiger partial charge < -0.3 is 14.5 Å². The molecule has 0 fully saturated rings. The number of hydrogen-bond acceptors (Lipinski definition) is 4. The van der Waals surface area contributed by atoms with Gasteiger partial charge in [-0.2, -0.15) is 0 Å². The molecule has 0 saturated heterocycles. The van der Waals surface area contributed by atoms with E-state index in [1.807, 2.05) is 25.1 Å². The van der Waals surface area contributed by atoms with Crippen molar-refractivity contribution in [3.8, 4) is 5.75 Å². The summed E-state index contributed by atoms with van der Waals surface area (Å²) in [6.07, 6.45) is 0. The lowest BCUT2D eigenvalue weighted by Crippen LogP contribution is -2.07. The van der Waals surface area contributed by atoms with Crippen LogP contribution < -0.4 is 10.1 Å². The van der Waals surface area contributed by atoms with E-state index in [9.17, 15) is 9.18 Å². The highest BCUT2D eigenvalue weighted by atomic mass is 19.1. The van der Waals surface area contributed by atoms with Crippen molar-refractivity contribution in [3.63, 3.8) is 0 Å². The first-order valence-electron chi connectivity index (χ1n) is 9.43. The first kappa shape index (κ1) is 18.7. The van der Waals surface area contributed by atoms with Gasteiger partial charge in [-0.15, -0.1) is 0 Å². The Morgan fingerprint density at radius 2 is 1.72 bits per heavy atom. The van der Waals surface area contributed by atoms with Crippen LogP contribution in [0.2, 0.25) is 0 Å². The predicted molar refractivity (Wildman–Crippen MR) is 111 cm³/mol. The van der Waals surface area contributed by atoms with E-state index in [1.165, 1.54) is 6.07 Å². The smallest absolute Gasteiger partial charge is 0.230 e. The summed E-state index contributed by atoms with van der Waals surface area (Å²) >= 11 is 0. The average Bonchev–Trinajstić information content (AvgIpc) is 3.12. The lowest BCUT2D eigenvalue weighted by atomic mass is 10.1. The second-order valence-electron chi connectivity index (χ2n) is 6.53. The van der Waals surface area contributed by atoms with Gasteiger partial charge in [0, 0.05) is 23.1 Å². The van der Waals surface area contributed by atoms with Gasteiger partial charge in [-0.3, -0.25) is 4.79 Å². The van der Waals surface area contributed by atoms with Crippen LogP contribution in [0, 0.1) is 5.82 Å². The van der Waals surface area contributed by atoms with Gasteiger partial charge in [-0.1, -0.05) is 30.3 Å². The summed E-state index contributed by atoms with van der Waals surface area (Å²) in [5.41, 5.74) is 2.15. The molecule has 0 unspecified atom stereocenters. The summed E-state index contributed by atoms with van der Waals surface area (Å²) in [5.74, 6) is 0.353. The maximum Gasteiger partial charge on any atom is 0.230 e. The standard InChI is InChI=1S/C24H20FNO3/c1-2-28-18-13-11-16(12-14-18)23(27)24-22(19-8-4-6-10-21(19)29-24)26-15-17-7-3-5-9-20(17)25/h3-14,26H,2,15H2,1H3. The number of carbonyl (C=O) groups excluding carboxylic acids is 1. The van der Waals surface area contributed by atoms with Crippen LogP contribution in [-0.4, -0.2) is 12.4 Å². The third-order valence-electron chi connectivity index (χ3n) is 4.64. The van der Waals surface area contributed by atoms with Crippen molar-refractivity contribution in [3.05, 3.63) is 95.5 Å². The molecule has 146 valence electrons. The van der Waals surface area contributed by atoms with Gasteiger partial charge in [0.05, 0.1) is 12.3 Å². The molecule has 4 aromatic rings. The molecule has 0 spiro atoms. The highest BCUT2D eigenvalue weighted by Crippen LogP contribution is 2.33. The van der Waals surface area contributed by atoms with Gasteiger partial charge in [0.1, 0.15) is 17.1 Å². The summed E-state index contributed by atoms with van der Waals surface area (Å²) in [7, 11) is 0. The van der Waals surface area contributed by atoms with Crippen LogP contribution in [0.25, 0.3) is 11.0 Å². The molecule has 29 heavy (non-hydrogen) atoms. The Labute approximate surface area is 167 Å². The lowest BCUT2D eigenvalue weighted by Gasteiger charge is -2.08. The third-order valence-corrected chi connectivity index (χ3v) is 4.64. The number of ketones is 1. The molecule has 0 atom stereocenters. The van der Waals surface area contributed by atoms with Crippen molar-refractivity contribution in [1.29, 1.82) is 0 Å². The van der Waals surface area contributed by atoms with Crippen molar-refractivity contribution >= 4 is 22.4 Å². The molecule has 4 nitrogen and oxygen atoms in total. The van der Waals surface area contributed by atoms with Crippen molar-refractivity contribution in [2.75, 3.05) is 11.9 Å². The van der Waals surface area contributed by atoms with Crippen molar-refractivity contribution in [1.82, 2.24) is 0 Å². The van der Waals surface area contributed by atoms with Crippen molar-refractivity contribution in [2.24, 2.45) is 0 Å². The molecule has 1 N–H and O–H groups in total. The molecular weight excluding hydrogens is 369 g/mol. The molecule has 3 aromatic carbocycles. The molecule has 0 aliphatic rings. The maximum absolute atomic E-state index is 14.0. The quantitative estimate of drug-likeness (QED) is 0.405. The average molecular weight is 389 g/mol. The molecule has 0 aliphatic heterocycles. The Morgan fingerprint density at radius 3 is 2.48 bits per heavy atom. The number of halogens is 1. The fraction of sp³-hybridized carbons (Fsp3) is 0.125. The van der Waals surface area contributed by atoms with Gasteiger partial charge in [-0.05, 0) is 49.4 Å². The number of benzene rings is 3. The minimum atomic E-state index is -0.299. The summed E-state index contributed by atoms with van der Waals surface area (Å²) in [6.45, 7) is 2.70. The monoisotopic (exact) mass is 389 g/mol. The van der Waals surface area contributed by atoms with E-state index in [4.69, 9.17) is 9.15 Å². The number of nitrogens with one attached hydrogen (secondary N) is 1.